The molecule has 0 fully saturated rings. The lowest BCUT2D eigenvalue weighted by atomic mass is 10.1. The van der Waals surface area contributed by atoms with Crippen molar-refractivity contribution in [2.24, 2.45) is 0 Å². The molecule has 1 N–H and O–H groups in total. The lowest BCUT2D eigenvalue weighted by molar-refractivity contribution is -0.138. The highest BCUT2D eigenvalue weighted by Gasteiger charge is 2.22. The Bertz CT molecular complexity index is 504. The first kappa shape index (κ1) is 13.7. The summed E-state index contributed by atoms with van der Waals surface area (Å²) in [4.78, 5) is 12.5. The number of ether oxygens (including phenoxy) is 2. The van der Waals surface area contributed by atoms with Gasteiger partial charge in [-0.1, -0.05) is 17.7 Å². The number of carboxylic acids is 1. The fourth-order valence-electron chi connectivity index (χ4n) is 1.94. The van der Waals surface area contributed by atoms with Gasteiger partial charge in [0.05, 0.1) is 6.54 Å². The summed E-state index contributed by atoms with van der Waals surface area (Å²) < 4.78 is 10.7. The average molecular weight is 284 g/mol. The van der Waals surface area contributed by atoms with Gasteiger partial charge in [0.1, 0.15) is 0 Å². The first-order chi connectivity index (χ1) is 9.11. The van der Waals surface area contributed by atoms with Crippen LogP contribution in [0.4, 0.5) is 0 Å². The molecule has 6 heteroatoms. The van der Waals surface area contributed by atoms with Crippen LogP contribution < -0.4 is 9.47 Å². The molecule has 0 aromatic heterocycles. The largest absolute Gasteiger partial charge is 0.480 e. The van der Waals surface area contributed by atoms with Gasteiger partial charge in [-0.25, -0.2) is 0 Å². The Balaban J connectivity index is 2.23. The number of halogens is 1. The maximum Gasteiger partial charge on any atom is 0.317 e. The van der Waals surface area contributed by atoms with Crippen molar-refractivity contribution < 1.29 is 19.4 Å². The van der Waals surface area contributed by atoms with Crippen LogP contribution in [0.25, 0.3) is 0 Å². The van der Waals surface area contributed by atoms with Gasteiger partial charge in [-0.15, -0.1) is 6.58 Å². The van der Waals surface area contributed by atoms with Crippen molar-refractivity contribution in [1.29, 1.82) is 0 Å². The molecule has 0 saturated heterocycles. The molecule has 102 valence electrons. The molecule has 1 aromatic carbocycles. The van der Waals surface area contributed by atoms with E-state index in [1.807, 2.05) is 0 Å². The molecule has 5 nitrogen and oxygen atoms in total. The van der Waals surface area contributed by atoms with Crippen molar-refractivity contribution in [3.8, 4) is 11.5 Å². The van der Waals surface area contributed by atoms with E-state index < -0.39 is 5.97 Å². The molecule has 0 radical (unpaired) electrons. The molecule has 0 bridgehead atoms. The van der Waals surface area contributed by atoms with Gasteiger partial charge in [0.25, 0.3) is 0 Å². The third-order valence-electron chi connectivity index (χ3n) is 2.71. The summed E-state index contributed by atoms with van der Waals surface area (Å²) >= 11 is 6.15. The number of benzene rings is 1. The smallest absolute Gasteiger partial charge is 0.317 e. The van der Waals surface area contributed by atoms with E-state index in [-0.39, 0.29) is 13.3 Å². The van der Waals surface area contributed by atoms with Crippen LogP contribution in [0, 0.1) is 0 Å². The van der Waals surface area contributed by atoms with Gasteiger partial charge in [0.15, 0.2) is 11.5 Å². The summed E-state index contributed by atoms with van der Waals surface area (Å²) in [5, 5.41) is 9.42. The summed E-state index contributed by atoms with van der Waals surface area (Å²) in [6, 6.07) is 3.46. The number of carboxylic acid groups (broad SMARTS) is 1. The number of aliphatic carboxylic acids is 1. The Morgan fingerprint density at radius 1 is 1.53 bits per heavy atom. The number of rotatable bonds is 6. The lowest BCUT2D eigenvalue weighted by Gasteiger charge is -2.20. The third kappa shape index (κ3) is 3.19. The van der Waals surface area contributed by atoms with Crippen LogP contribution >= 0.6 is 11.6 Å². The van der Waals surface area contributed by atoms with E-state index in [2.05, 4.69) is 6.58 Å². The summed E-state index contributed by atoms with van der Waals surface area (Å²) in [6.45, 7) is 4.50. The zero-order valence-electron chi connectivity index (χ0n) is 10.3. The molecular formula is C13H14ClNO4. The zero-order chi connectivity index (χ0) is 13.8. The molecule has 19 heavy (non-hydrogen) atoms. The van der Waals surface area contributed by atoms with Crippen LogP contribution in [0.3, 0.4) is 0 Å². The highest BCUT2D eigenvalue weighted by Crippen LogP contribution is 2.39. The van der Waals surface area contributed by atoms with Crippen LogP contribution in [0.5, 0.6) is 11.5 Å². The Hall–Kier alpha value is -1.72. The van der Waals surface area contributed by atoms with Crippen molar-refractivity contribution in [3.05, 3.63) is 35.4 Å². The number of hydrogen-bond acceptors (Lipinski definition) is 4. The molecule has 2 rings (SSSR count). The van der Waals surface area contributed by atoms with Crippen molar-refractivity contribution in [3.63, 3.8) is 0 Å². The first-order valence-corrected chi connectivity index (χ1v) is 6.11. The van der Waals surface area contributed by atoms with E-state index in [0.717, 1.165) is 5.56 Å². The maximum absolute atomic E-state index is 10.8. The summed E-state index contributed by atoms with van der Waals surface area (Å²) in [5.41, 5.74) is 0.736. The Kier molecular flexibility index (Phi) is 4.29. The lowest BCUT2D eigenvalue weighted by Crippen LogP contribution is -2.29. The van der Waals surface area contributed by atoms with Gasteiger partial charge >= 0.3 is 5.97 Å². The molecule has 0 spiro atoms. The highest BCUT2D eigenvalue weighted by atomic mass is 35.5. The second-order valence-corrected chi connectivity index (χ2v) is 4.52. The molecule has 0 aliphatic carbocycles. The fraction of sp³-hybridized carbons (Fsp3) is 0.308. The van der Waals surface area contributed by atoms with Gasteiger partial charge < -0.3 is 14.6 Å². The van der Waals surface area contributed by atoms with Crippen LogP contribution in [-0.2, 0) is 11.3 Å². The van der Waals surface area contributed by atoms with Crippen LogP contribution in [0.1, 0.15) is 5.56 Å². The first-order valence-electron chi connectivity index (χ1n) is 5.74. The van der Waals surface area contributed by atoms with E-state index >= 15 is 0 Å². The highest BCUT2D eigenvalue weighted by molar-refractivity contribution is 6.31. The molecule has 1 aromatic rings. The Labute approximate surface area is 116 Å². The zero-order valence-corrected chi connectivity index (χ0v) is 11.0. The second-order valence-electron chi connectivity index (χ2n) is 4.11. The SMILES string of the molecule is C=CCN(CC(=O)O)Cc1c(Cl)ccc2c1OCO2. The maximum atomic E-state index is 10.8. The van der Waals surface area contributed by atoms with Gasteiger partial charge in [0, 0.05) is 23.7 Å². The molecule has 1 heterocycles. The predicted molar refractivity (Wildman–Crippen MR) is 70.7 cm³/mol. The Morgan fingerprint density at radius 3 is 3.00 bits per heavy atom. The predicted octanol–water partition coefficient (Wildman–Crippen LogP) is 2.14. The number of fused-ring (bicyclic) bond motifs is 1. The molecule has 0 unspecified atom stereocenters. The third-order valence-corrected chi connectivity index (χ3v) is 3.07. The topological polar surface area (TPSA) is 59.0 Å². The minimum absolute atomic E-state index is 0.0904. The van der Waals surface area contributed by atoms with Crippen LogP contribution in [0.2, 0.25) is 5.02 Å². The fourth-order valence-corrected chi connectivity index (χ4v) is 2.14. The molecule has 0 saturated carbocycles. The van der Waals surface area contributed by atoms with Crippen LogP contribution in [-0.4, -0.2) is 35.9 Å². The van der Waals surface area contributed by atoms with Gasteiger partial charge in [-0.3, -0.25) is 9.69 Å². The number of carbonyl (C=O) groups is 1. The second kappa shape index (κ2) is 5.95. The van der Waals surface area contributed by atoms with E-state index in [4.69, 9.17) is 26.2 Å². The molecule has 1 aliphatic heterocycles. The van der Waals surface area contributed by atoms with Crippen molar-refractivity contribution in [2.75, 3.05) is 19.9 Å². The number of hydrogen-bond donors (Lipinski definition) is 1. The van der Waals surface area contributed by atoms with Crippen molar-refractivity contribution in [2.45, 2.75) is 6.54 Å². The van der Waals surface area contributed by atoms with Gasteiger partial charge in [0.2, 0.25) is 6.79 Å². The molecule has 0 amide bonds. The molecule has 1 aliphatic rings. The van der Waals surface area contributed by atoms with Crippen LogP contribution in [0.15, 0.2) is 24.8 Å². The number of nitrogens with zero attached hydrogens (tertiary/aromatic N) is 1. The standard InChI is InChI=1S/C13H14ClNO4/c1-2-5-15(7-12(16)17)6-9-10(14)3-4-11-13(9)19-8-18-11/h2-4H,1,5-8H2,(H,16,17). The normalized spacial score (nSPS) is 12.7. The summed E-state index contributed by atoms with van der Waals surface area (Å²) in [6.07, 6.45) is 1.65. The van der Waals surface area contributed by atoms with Crippen molar-refractivity contribution in [1.82, 2.24) is 4.90 Å². The van der Waals surface area contributed by atoms with E-state index in [1.165, 1.54) is 0 Å². The minimum Gasteiger partial charge on any atom is -0.480 e. The minimum atomic E-state index is -0.900. The van der Waals surface area contributed by atoms with E-state index in [1.54, 1.807) is 23.1 Å². The molecule has 0 atom stereocenters. The quantitative estimate of drug-likeness (QED) is 0.811. The Morgan fingerprint density at radius 2 is 2.32 bits per heavy atom. The average Bonchev–Trinajstić information content (AvgIpc) is 2.80. The van der Waals surface area contributed by atoms with Gasteiger partial charge in [-0.2, -0.15) is 0 Å². The monoisotopic (exact) mass is 283 g/mol. The molecular weight excluding hydrogens is 270 g/mol. The van der Waals surface area contributed by atoms with E-state index in [0.29, 0.717) is 29.6 Å². The van der Waals surface area contributed by atoms with E-state index in [9.17, 15) is 4.79 Å². The summed E-state index contributed by atoms with van der Waals surface area (Å²) in [5.74, 6) is 0.322. The van der Waals surface area contributed by atoms with Gasteiger partial charge in [-0.05, 0) is 12.1 Å². The summed E-state index contributed by atoms with van der Waals surface area (Å²) in [7, 11) is 0. The van der Waals surface area contributed by atoms with Crippen molar-refractivity contribution >= 4 is 17.6 Å².